The molecule has 1 fully saturated rings. The first-order valence-corrected chi connectivity index (χ1v) is 12.2. The maximum Gasteiger partial charge on any atom is 0.244 e. The number of benzene rings is 1. The molecule has 2 aromatic rings. The van der Waals surface area contributed by atoms with Crippen LogP contribution >= 0.6 is 0 Å². The number of carbonyl (C=O) groups is 2. The van der Waals surface area contributed by atoms with Crippen molar-refractivity contribution in [2.24, 2.45) is 0 Å². The van der Waals surface area contributed by atoms with Gasteiger partial charge in [-0.2, -0.15) is 4.31 Å². The van der Waals surface area contributed by atoms with Gasteiger partial charge in [0.25, 0.3) is 0 Å². The van der Waals surface area contributed by atoms with Crippen LogP contribution in [-0.4, -0.2) is 73.8 Å². The second kappa shape index (κ2) is 10.9. The van der Waals surface area contributed by atoms with Gasteiger partial charge in [0.15, 0.2) is 0 Å². The quantitative estimate of drug-likeness (QED) is 0.595. The second-order valence-electron chi connectivity index (χ2n) is 8.15. The van der Waals surface area contributed by atoms with Gasteiger partial charge in [0.2, 0.25) is 21.8 Å². The summed E-state index contributed by atoms with van der Waals surface area (Å²) in [4.78, 5) is 31.1. The molecule has 2 amide bonds. The van der Waals surface area contributed by atoms with Gasteiger partial charge in [0.1, 0.15) is 4.90 Å². The molecular weight excluding hydrogens is 444 g/mol. The van der Waals surface area contributed by atoms with Crippen molar-refractivity contribution in [2.75, 3.05) is 38.6 Å². The number of aromatic nitrogens is 1. The number of hydrogen-bond acceptors (Lipinski definition) is 6. The Bertz CT molecular complexity index is 1090. The Labute approximate surface area is 194 Å². The molecule has 1 aliphatic heterocycles. The minimum atomic E-state index is -3.89. The molecule has 0 radical (unpaired) electrons. The standard InChI is InChI=1S/C23H30N4O5S/c1-17-7-4-10-21(18(17)2)25-22(28)15-27(14-19-8-6-12-32-19)23(29)16-26(3)33(30,31)20-9-5-11-24-13-20/h4-5,7,9-11,13,19H,6,8,12,14-16H2,1-3H3,(H,25,28). The summed E-state index contributed by atoms with van der Waals surface area (Å²) in [5.41, 5.74) is 2.67. The normalized spacial score (nSPS) is 16.1. The Morgan fingerprint density at radius 1 is 1.18 bits per heavy atom. The molecule has 1 saturated heterocycles. The monoisotopic (exact) mass is 474 g/mol. The van der Waals surface area contributed by atoms with E-state index in [1.165, 1.54) is 36.5 Å². The number of sulfonamides is 1. The van der Waals surface area contributed by atoms with Crippen LogP contribution < -0.4 is 5.32 Å². The van der Waals surface area contributed by atoms with Gasteiger partial charge in [-0.15, -0.1) is 0 Å². The minimum Gasteiger partial charge on any atom is -0.376 e. The van der Waals surface area contributed by atoms with Crippen LogP contribution in [0.1, 0.15) is 24.0 Å². The third-order valence-electron chi connectivity index (χ3n) is 5.71. The molecule has 10 heteroatoms. The molecule has 9 nitrogen and oxygen atoms in total. The van der Waals surface area contributed by atoms with E-state index >= 15 is 0 Å². The number of ether oxygens (including phenoxy) is 1. The maximum atomic E-state index is 13.1. The van der Waals surface area contributed by atoms with Crippen molar-refractivity contribution in [3.63, 3.8) is 0 Å². The summed E-state index contributed by atoms with van der Waals surface area (Å²) in [6, 6.07) is 8.55. The number of hydrogen-bond donors (Lipinski definition) is 1. The maximum absolute atomic E-state index is 13.1. The van der Waals surface area contributed by atoms with E-state index in [0.717, 1.165) is 28.3 Å². The molecule has 1 atom stereocenters. The van der Waals surface area contributed by atoms with Gasteiger partial charge in [-0.1, -0.05) is 12.1 Å². The fourth-order valence-electron chi connectivity index (χ4n) is 3.59. The molecule has 178 valence electrons. The van der Waals surface area contributed by atoms with Gasteiger partial charge in [0.05, 0.1) is 19.2 Å². The molecule has 1 aromatic heterocycles. The lowest BCUT2D eigenvalue weighted by Crippen LogP contribution is -2.47. The van der Waals surface area contributed by atoms with Crippen molar-refractivity contribution in [2.45, 2.75) is 37.7 Å². The van der Waals surface area contributed by atoms with Crippen LogP contribution in [0, 0.1) is 13.8 Å². The zero-order valence-electron chi connectivity index (χ0n) is 19.2. The highest BCUT2D eigenvalue weighted by molar-refractivity contribution is 7.89. The summed E-state index contributed by atoms with van der Waals surface area (Å²) < 4.78 is 32.2. The minimum absolute atomic E-state index is 0.00126. The number of likely N-dealkylation sites (N-methyl/N-ethyl adjacent to an activating group) is 1. The summed E-state index contributed by atoms with van der Waals surface area (Å²) in [6.45, 7) is 4.10. The largest absolute Gasteiger partial charge is 0.376 e. The summed E-state index contributed by atoms with van der Waals surface area (Å²) in [7, 11) is -2.56. The predicted molar refractivity (Wildman–Crippen MR) is 124 cm³/mol. The van der Waals surface area contributed by atoms with Crippen LogP contribution in [0.2, 0.25) is 0 Å². The Balaban J connectivity index is 1.71. The number of nitrogens with zero attached hydrogens (tertiary/aromatic N) is 3. The van der Waals surface area contributed by atoms with Crippen LogP contribution in [0.15, 0.2) is 47.6 Å². The van der Waals surface area contributed by atoms with Crippen LogP contribution in [0.4, 0.5) is 5.69 Å². The smallest absolute Gasteiger partial charge is 0.244 e. The Hall–Kier alpha value is -2.82. The van der Waals surface area contributed by atoms with Crippen LogP contribution in [0.5, 0.6) is 0 Å². The Kier molecular flexibility index (Phi) is 8.17. The van der Waals surface area contributed by atoms with Crippen molar-refractivity contribution in [1.29, 1.82) is 0 Å². The van der Waals surface area contributed by atoms with Crippen LogP contribution in [0.25, 0.3) is 0 Å². The van der Waals surface area contributed by atoms with E-state index in [1.807, 2.05) is 26.0 Å². The van der Waals surface area contributed by atoms with Crippen molar-refractivity contribution in [3.8, 4) is 0 Å². The van der Waals surface area contributed by atoms with E-state index in [2.05, 4.69) is 10.3 Å². The molecular formula is C23H30N4O5S. The zero-order chi connectivity index (χ0) is 24.0. The summed E-state index contributed by atoms with van der Waals surface area (Å²) in [5.74, 6) is -0.829. The fourth-order valence-corrected chi connectivity index (χ4v) is 4.68. The number of anilines is 1. The lowest BCUT2D eigenvalue weighted by Gasteiger charge is -2.27. The lowest BCUT2D eigenvalue weighted by atomic mass is 10.1. The molecule has 1 aromatic carbocycles. The second-order valence-corrected chi connectivity index (χ2v) is 10.2. The van der Waals surface area contributed by atoms with Crippen molar-refractivity contribution >= 4 is 27.5 Å². The molecule has 1 N–H and O–H groups in total. The van der Waals surface area contributed by atoms with Crippen molar-refractivity contribution < 1.29 is 22.7 Å². The molecule has 0 bridgehead atoms. The van der Waals surface area contributed by atoms with E-state index in [-0.39, 0.29) is 30.0 Å². The van der Waals surface area contributed by atoms with E-state index in [0.29, 0.717) is 12.3 Å². The van der Waals surface area contributed by atoms with E-state index in [9.17, 15) is 18.0 Å². The SMILES string of the molecule is Cc1cccc(NC(=O)CN(CC2CCCO2)C(=O)CN(C)S(=O)(=O)c2cccnc2)c1C. The number of nitrogens with one attached hydrogen (secondary N) is 1. The van der Waals surface area contributed by atoms with Crippen LogP contribution in [0.3, 0.4) is 0 Å². The number of amides is 2. The van der Waals surface area contributed by atoms with Crippen molar-refractivity contribution in [1.82, 2.24) is 14.2 Å². The highest BCUT2D eigenvalue weighted by Crippen LogP contribution is 2.19. The van der Waals surface area contributed by atoms with Gasteiger partial charge in [0, 0.05) is 38.3 Å². The molecule has 0 spiro atoms. The van der Waals surface area contributed by atoms with Crippen LogP contribution in [-0.2, 0) is 24.3 Å². The number of rotatable bonds is 9. The number of carbonyl (C=O) groups excluding carboxylic acids is 2. The molecule has 2 heterocycles. The van der Waals surface area contributed by atoms with Gasteiger partial charge < -0.3 is 15.0 Å². The molecule has 1 aliphatic rings. The van der Waals surface area contributed by atoms with Gasteiger partial charge in [-0.05, 0) is 56.0 Å². The fraction of sp³-hybridized carbons (Fsp3) is 0.435. The van der Waals surface area contributed by atoms with Gasteiger partial charge in [-0.25, -0.2) is 8.42 Å². The predicted octanol–water partition coefficient (Wildman–Crippen LogP) is 1.97. The highest BCUT2D eigenvalue weighted by atomic mass is 32.2. The zero-order valence-corrected chi connectivity index (χ0v) is 20.0. The Morgan fingerprint density at radius 2 is 1.97 bits per heavy atom. The highest BCUT2D eigenvalue weighted by Gasteiger charge is 2.29. The summed E-state index contributed by atoms with van der Waals surface area (Å²) in [6.07, 6.45) is 4.20. The third-order valence-corrected chi connectivity index (χ3v) is 7.50. The molecule has 1 unspecified atom stereocenters. The van der Waals surface area contributed by atoms with Gasteiger partial charge in [-0.3, -0.25) is 14.6 Å². The van der Waals surface area contributed by atoms with Gasteiger partial charge >= 0.3 is 0 Å². The summed E-state index contributed by atoms with van der Waals surface area (Å²) >= 11 is 0. The number of aryl methyl sites for hydroxylation is 1. The van der Waals surface area contributed by atoms with E-state index in [4.69, 9.17) is 4.74 Å². The molecule has 0 aliphatic carbocycles. The van der Waals surface area contributed by atoms with E-state index < -0.39 is 22.5 Å². The third kappa shape index (κ3) is 6.37. The van der Waals surface area contributed by atoms with E-state index in [1.54, 1.807) is 6.07 Å². The number of pyridine rings is 1. The first-order valence-electron chi connectivity index (χ1n) is 10.8. The average molecular weight is 475 g/mol. The molecule has 33 heavy (non-hydrogen) atoms. The topological polar surface area (TPSA) is 109 Å². The Morgan fingerprint density at radius 3 is 2.64 bits per heavy atom. The molecule has 0 saturated carbocycles. The lowest BCUT2D eigenvalue weighted by molar-refractivity contribution is -0.136. The molecule has 3 rings (SSSR count). The summed E-state index contributed by atoms with van der Waals surface area (Å²) in [5, 5.41) is 2.86. The average Bonchev–Trinajstić information content (AvgIpc) is 3.30. The first kappa shape index (κ1) is 24.8. The first-order chi connectivity index (χ1) is 15.7. The van der Waals surface area contributed by atoms with Crippen molar-refractivity contribution in [3.05, 3.63) is 53.9 Å².